The van der Waals surface area contributed by atoms with E-state index in [9.17, 15) is 0 Å². The monoisotopic (exact) mass is 722 g/mol. The second-order valence-electron chi connectivity index (χ2n) is 16.3. The molecule has 56 heavy (non-hydrogen) atoms. The molecule has 0 bridgehead atoms. The predicted octanol–water partition coefficient (Wildman–Crippen LogP) is 15.7. The third kappa shape index (κ3) is 4.78. The van der Waals surface area contributed by atoms with Crippen LogP contribution in [0.5, 0.6) is 0 Å². The van der Waals surface area contributed by atoms with Crippen molar-refractivity contribution in [3.63, 3.8) is 0 Å². The molecule has 8 aromatic carbocycles. The lowest BCUT2D eigenvalue weighted by Gasteiger charge is -2.31. The Morgan fingerprint density at radius 2 is 0.768 bits per heavy atom. The summed E-state index contributed by atoms with van der Waals surface area (Å²) in [6.07, 6.45) is 5.33. The number of hydrogen-bond acceptors (Lipinski definition) is 0. The van der Waals surface area contributed by atoms with Crippen LogP contribution < -0.4 is 0 Å². The molecule has 0 radical (unpaired) electrons. The molecular formula is C56H50. The molecule has 274 valence electrons. The molecule has 0 aromatic heterocycles. The molecule has 0 spiro atoms. The van der Waals surface area contributed by atoms with E-state index in [1.165, 1.54) is 105 Å². The van der Waals surface area contributed by atoms with Crippen molar-refractivity contribution < 1.29 is 0 Å². The molecule has 0 saturated carbocycles. The summed E-state index contributed by atoms with van der Waals surface area (Å²) in [5.74, 6) is 0. The Morgan fingerprint density at radius 1 is 0.321 bits per heavy atom. The Morgan fingerprint density at radius 3 is 1.34 bits per heavy atom. The van der Waals surface area contributed by atoms with Gasteiger partial charge in [0, 0.05) is 10.8 Å². The van der Waals surface area contributed by atoms with Crippen LogP contribution in [0.15, 0.2) is 152 Å². The Bertz CT molecular complexity index is 2820. The molecule has 10 rings (SSSR count). The van der Waals surface area contributed by atoms with Gasteiger partial charge >= 0.3 is 0 Å². The molecule has 2 aliphatic rings. The maximum absolute atomic E-state index is 2.57. The molecule has 2 aliphatic carbocycles. The number of benzene rings is 8. The molecule has 0 unspecified atom stereocenters. The SMILES string of the molecule is CCc1ccc2c(-c3ccc4c(c3)C(CC)(CC)c3cc(-c5ccc6c(c5)C(CC)(CC)c5ccccc5-6)ccc3-4)c3ccccc3c(-c3ccccc3)c2c1. The molecule has 0 aliphatic heterocycles. The second kappa shape index (κ2) is 13.2. The molecule has 0 N–H and O–H groups in total. The maximum atomic E-state index is 2.57. The quantitative estimate of drug-likeness (QED) is 0.137. The molecule has 0 saturated heterocycles. The fourth-order valence-corrected chi connectivity index (χ4v) is 11.2. The first-order chi connectivity index (χ1) is 27.5. The molecule has 0 heterocycles. The van der Waals surface area contributed by atoms with Crippen LogP contribution in [0.1, 0.15) is 88.1 Å². The van der Waals surface area contributed by atoms with E-state index >= 15 is 0 Å². The molecule has 8 aromatic rings. The fraction of sp³-hybridized carbons (Fsp3) is 0.214. The Hall–Kier alpha value is -5.72. The van der Waals surface area contributed by atoms with Gasteiger partial charge in [-0.2, -0.15) is 0 Å². The lowest BCUT2D eigenvalue weighted by molar-refractivity contribution is 0.490. The van der Waals surface area contributed by atoms with Crippen LogP contribution in [-0.4, -0.2) is 0 Å². The summed E-state index contributed by atoms with van der Waals surface area (Å²) >= 11 is 0. The first-order valence-electron chi connectivity index (χ1n) is 21.1. The van der Waals surface area contributed by atoms with Gasteiger partial charge in [0.25, 0.3) is 0 Å². The van der Waals surface area contributed by atoms with Crippen LogP contribution in [0, 0.1) is 0 Å². The van der Waals surface area contributed by atoms with Crippen molar-refractivity contribution in [1.29, 1.82) is 0 Å². The van der Waals surface area contributed by atoms with Crippen LogP contribution in [0.4, 0.5) is 0 Å². The van der Waals surface area contributed by atoms with Crippen LogP contribution in [-0.2, 0) is 17.3 Å². The van der Waals surface area contributed by atoms with Gasteiger partial charge in [0.1, 0.15) is 0 Å². The first-order valence-corrected chi connectivity index (χ1v) is 21.1. The Balaban J connectivity index is 1.14. The normalized spacial score (nSPS) is 14.4. The molecule has 0 amide bonds. The topological polar surface area (TPSA) is 0 Å². The summed E-state index contributed by atoms with van der Waals surface area (Å²) in [5, 5.41) is 5.29. The van der Waals surface area contributed by atoms with Crippen molar-refractivity contribution in [3.05, 3.63) is 179 Å². The van der Waals surface area contributed by atoms with E-state index in [4.69, 9.17) is 0 Å². The van der Waals surface area contributed by atoms with Gasteiger partial charge in [-0.3, -0.25) is 0 Å². The second-order valence-corrected chi connectivity index (χ2v) is 16.3. The first kappa shape index (κ1) is 34.7. The van der Waals surface area contributed by atoms with Gasteiger partial charge < -0.3 is 0 Å². The summed E-state index contributed by atoms with van der Waals surface area (Å²) in [5.41, 5.74) is 20.8. The number of rotatable bonds is 8. The van der Waals surface area contributed by atoms with E-state index in [1.54, 1.807) is 0 Å². The van der Waals surface area contributed by atoms with Gasteiger partial charge in [-0.15, -0.1) is 0 Å². The van der Waals surface area contributed by atoms with Gasteiger partial charge in [-0.25, -0.2) is 0 Å². The van der Waals surface area contributed by atoms with Gasteiger partial charge in [0.05, 0.1) is 0 Å². The maximum Gasteiger partial charge on any atom is 0.0210 e. The highest BCUT2D eigenvalue weighted by Gasteiger charge is 2.42. The summed E-state index contributed by atoms with van der Waals surface area (Å²) in [6.45, 7) is 11.8. The highest BCUT2D eigenvalue weighted by molar-refractivity contribution is 6.21. The summed E-state index contributed by atoms with van der Waals surface area (Å²) in [4.78, 5) is 0. The minimum absolute atomic E-state index is 0.0631. The van der Waals surface area contributed by atoms with Gasteiger partial charge in [-0.1, -0.05) is 168 Å². The lowest BCUT2D eigenvalue weighted by atomic mass is 9.72. The average Bonchev–Trinajstić information content (AvgIpc) is 3.71. The van der Waals surface area contributed by atoms with Crippen molar-refractivity contribution in [2.75, 3.05) is 0 Å². The zero-order valence-corrected chi connectivity index (χ0v) is 33.5. The van der Waals surface area contributed by atoms with E-state index in [-0.39, 0.29) is 10.8 Å². The fourth-order valence-electron chi connectivity index (χ4n) is 11.2. The molecule has 0 nitrogen and oxygen atoms in total. The minimum atomic E-state index is -0.0643. The average molecular weight is 723 g/mol. The van der Waals surface area contributed by atoms with E-state index in [0.29, 0.717) is 0 Å². The van der Waals surface area contributed by atoms with E-state index in [1.807, 2.05) is 0 Å². The van der Waals surface area contributed by atoms with Crippen LogP contribution in [0.2, 0.25) is 0 Å². The van der Waals surface area contributed by atoms with Crippen molar-refractivity contribution in [3.8, 4) is 55.6 Å². The van der Waals surface area contributed by atoms with E-state index < -0.39 is 0 Å². The van der Waals surface area contributed by atoms with E-state index in [0.717, 1.165) is 32.1 Å². The lowest BCUT2D eigenvalue weighted by Crippen LogP contribution is -2.23. The largest absolute Gasteiger partial charge is 0.0642 e. The van der Waals surface area contributed by atoms with Gasteiger partial charge in [-0.05, 0) is 155 Å². The molecule has 0 fully saturated rings. The Kier molecular flexibility index (Phi) is 8.19. The standard InChI is InChI=1S/C56H50/c1-6-36-24-28-47-48(32-36)53(37-18-12-11-13-19-37)45-21-14-15-22-46(45)54(47)40-27-31-44-43-30-26-39(34-51(43)56(9-4,10-5)52(44)35-40)38-25-29-42-41-20-16-17-23-49(41)55(7-2,8-3)50(42)33-38/h11-35H,6-10H2,1-5H3. The molecular weight excluding hydrogens is 673 g/mol. The zero-order chi connectivity index (χ0) is 38.2. The number of hydrogen-bond donors (Lipinski definition) is 0. The zero-order valence-electron chi connectivity index (χ0n) is 33.5. The van der Waals surface area contributed by atoms with Crippen molar-refractivity contribution in [2.24, 2.45) is 0 Å². The predicted molar refractivity (Wildman–Crippen MR) is 241 cm³/mol. The number of fused-ring (bicyclic) bond motifs is 8. The van der Waals surface area contributed by atoms with Crippen LogP contribution in [0.3, 0.4) is 0 Å². The van der Waals surface area contributed by atoms with E-state index in [2.05, 4.69) is 186 Å². The summed E-state index contributed by atoms with van der Waals surface area (Å²) in [6, 6.07) is 58.4. The molecule has 0 atom stereocenters. The highest BCUT2D eigenvalue weighted by atomic mass is 14.5. The van der Waals surface area contributed by atoms with Gasteiger partial charge in [0.15, 0.2) is 0 Å². The molecule has 0 heteroatoms. The van der Waals surface area contributed by atoms with Crippen LogP contribution >= 0.6 is 0 Å². The van der Waals surface area contributed by atoms with Crippen LogP contribution in [0.25, 0.3) is 77.2 Å². The highest BCUT2D eigenvalue weighted by Crippen LogP contribution is 2.57. The minimum Gasteiger partial charge on any atom is -0.0642 e. The van der Waals surface area contributed by atoms with Crippen molar-refractivity contribution >= 4 is 21.5 Å². The third-order valence-corrected chi connectivity index (χ3v) is 14.2. The summed E-state index contributed by atoms with van der Waals surface area (Å²) < 4.78 is 0. The Labute approximate surface area is 332 Å². The van der Waals surface area contributed by atoms with Gasteiger partial charge in [0.2, 0.25) is 0 Å². The van der Waals surface area contributed by atoms with Crippen molar-refractivity contribution in [1.82, 2.24) is 0 Å². The third-order valence-electron chi connectivity index (χ3n) is 14.2. The summed E-state index contributed by atoms with van der Waals surface area (Å²) in [7, 11) is 0. The number of aryl methyl sites for hydroxylation is 1. The smallest absolute Gasteiger partial charge is 0.0210 e. The van der Waals surface area contributed by atoms with Crippen molar-refractivity contribution in [2.45, 2.75) is 77.6 Å².